The van der Waals surface area contributed by atoms with Crippen LogP contribution in [-0.2, 0) is 4.79 Å². The van der Waals surface area contributed by atoms with Crippen molar-refractivity contribution in [3.8, 4) is 0 Å². The van der Waals surface area contributed by atoms with Crippen LogP contribution in [0.2, 0.25) is 0 Å². The van der Waals surface area contributed by atoms with Crippen LogP contribution in [0.5, 0.6) is 0 Å². The normalized spacial score (nSPS) is 12.6. The molecule has 0 aromatic heterocycles. The van der Waals surface area contributed by atoms with Gasteiger partial charge in [-0.1, -0.05) is 6.07 Å². The number of amides is 1. The molecule has 0 fully saturated rings. The maximum atomic E-state index is 13.7. The molecule has 5 heteroatoms. The second kappa shape index (κ2) is 6.75. The van der Waals surface area contributed by atoms with Crippen molar-refractivity contribution in [1.29, 1.82) is 0 Å². The molecule has 0 unspecified atom stereocenters. The largest absolute Gasteiger partial charge is 0.389 e. The van der Waals surface area contributed by atoms with Gasteiger partial charge in [0.05, 0.1) is 11.9 Å². The predicted molar refractivity (Wildman–Crippen MR) is 71.0 cm³/mol. The molecular weight excluding hydrogens is 253 g/mol. The van der Waals surface area contributed by atoms with E-state index in [-0.39, 0.29) is 17.7 Å². The molecule has 1 aromatic rings. The Balaban J connectivity index is 2.60. The third kappa shape index (κ3) is 4.66. The smallest absolute Gasteiger partial charge is 0.230 e. The zero-order valence-corrected chi connectivity index (χ0v) is 11.6. The number of rotatable bonds is 5. The average Bonchev–Trinajstić information content (AvgIpc) is 2.26. The van der Waals surface area contributed by atoms with Crippen LogP contribution in [-0.4, -0.2) is 22.8 Å². The van der Waals surface area contributed by atoms with Gasteiger partial charge in [-0.2, -0.15) is 0 Å². The van der Waals surface area contributed by atoms with Gasteiger partial charge in [-0.05, 0) is 38.5 Å². The van der Waals surface area contributed by atoms with Crippen molar-refractivity contribution in [3.63, 3.8) is 0 Å². The maximum Gasteiger partial charge on any atom is 0.230 e. The van der Waals surface area contributed by atoms with E-state index >= 15 is 0 Å². The van der Waals surface area contributed by atoms with Crippen LogP contribution in [0.3, 0.4) is 0 Å². The van der Waals surface area contributed by atoms with Crippen molar-refractivity contribution >= 4 is 17.7 Å². The van der Waals surface area contributed by atoms with Crippen molar-refractivity contribution in [1.82, 2.24) is 5.32 Å². The number of nitrogens with one attached hydrogen (secondary N) is 1. The van der Waals surface area contributed by atoms with Crippen molar-refractivity contribution < 1.29 is 14.3 Å². The van der Waals surface area contributed by atoms with E-state index in [2.05, 4.69) is 5.32 Å². The summed E-state index contributed by atoms with van der Waals surface area (Å²) in [6, 6.07) is 4.63. The van der Waals surface area contributed by atoms with Gasteiger partial charge in [-0.25, -0.2) is 4.39 Å². The molecule has 1 atom stereocenters. The van der Waals surface area contributed by atoms with Crippen molar-refractivity contribution in [2.75, 3.05) is 5.75 Å². The Morgan fingerprint density at radius 2 is 2.11 bits per heavy atom. The summed E-state index contributed by atoms with van der Waals surface area (Å²) in [5.41, 5.74) is 0.531. The lowest BCUT2D eigenvalue weighted by atomic mass is 10.1. The molecule has 0 bridgehead atoms. The number of carbonyl (C=O) groups is 1. The Labute approximate surface area is 111 Å². The maximum absolute atomic E-state index is 13.7. The van der Waals surface area contributed by atoms with E-state index in [1.807, 2.05) is 13.8 Å². The van der Waals surface area contributed by atoms with Gasteiger partial charge in [0, 0.05) is 10.9 Å². The summed E-state index contributed by atoms with van der Waals surface area (Å²) in [5.74, 6) is -0.340. The summed E-state index contributed by atoms with van der Waals surface area (Å²) in [5, 5.41) is 12.1. The molecule has 0 aliphatic carbocycles. The average molecular weight is 271 g/mol. The molecule has 0 aliphatic rings. The van der Waals surface area contributed by atoms with E-state index in [0.29, 0.717) is 10.5 Å². The fourth-order valence-electron chi connectivity index (χ4n) is 1.40. The number of thioether (sulfide) groups is 1. The molecule has 3 nitrogen and oxygen atoms in total. The Morgan fingerprint density at radius 3 is 2.61 bits per heavy atom. The van der Waals surface area contributed by atoms with Crippen LogP contribution in [0, 0.1) is 5.82 Å². The summed E-state index contributed by atoms with van der Waals surface area (Å²) in [7, 11) is 0. The third-order valence-corrected chi connectivity index (χ3v) is 3.30. The van der Waals surface area contributed by atoms with Crippen molar-refractivity contribution in [2.24, 2.45) is 0 Å². The molecule has 1 rings (SSSR count). The van der Waals surface area contributed by atoms with Gasteiger partial charge in [0.15, 0.2) is 0 Å². The van der Waals surface area contributed by atoms with Gasteiger partial charge >= 0.3 is 0 Å². The van der Waals surface area contributed by atoms with Crippen LogP contribution >= 0.6 is 11.8 Å². The number of hydrogen-bond donors (Lipinski definition) is 2. The van der Waals surface area contributed by atoms with Gasteiger partial charge < -0.3 is 10.4 Å². The summed E-state index contributed by atoms with van der Waals surface area (Å²) in [6.45, 7) is 5.33. The number of carbonyl (C=O) groups excluding carboxylic acids is 1. The number of benzene rings is 1. The summed E-state index contributed by atoms with van der Waals surface area (Å²) >= 11 is 1.15. The van der Waals surface area contributed by atoms with E-state index in [1.165, 1.54) is 6.07 Å². The van der Waals surface area contributed by atoms with E-state index < -0.39 is 11.9 Å². The zero-order valence-electron chi connectivity index (χ0n) is 10.7. The van der Waals surface area contributed by atoms with Crippen LogP contribution < -0.4 is 5.32 Å². The molecule has 0 heterocycles. The molecule has 18 heavy (non-hydrogen) atoms. The quantitative estimate of drug-likeness (QED) is 0.809. The predicted octanol–water partition coefficient (Wildman–Crippen LogP) is 2.50. The minimum Gasteiger partial charge on any atom is -0.389 e. The van der Waals surface area contributed by atoms with Gasteiger partial charge in [-0.3, -0.25) is 4.79 Å². The Bertz CT molecular complexity index is 421. The lowest BCUT2D eigenvalue weighted by Crippen LogP contribution is -2.31. The molecule has 0 radical (unpaired) electrons. The first-order chi connectivity index (χ1) is 8.40. The molecular formula is C13H18FNO2S. The van der Waals surface area contributed by atoms with E-state index in [0.717, 1.165) is 11.8 Å². The lowest BCUT2D eigenvalue weighted by Gasteiger charge is -2.09. The standard InChI is InChI=1S/C13H18FNO2S/c1-8(2)15-13(17)7-18-12-5-4-10(9(3)16)6-11(12)14/h4-6,8-9,16H,7H2,1-3H3,(H,15,17)/t9-/m0/s1. The van der Waals surface area contributed by atoms with Gasteiger partial charge in [0.1, 0.15) is 5.82 Å². The van der Waals surface area contributed by atoms with Gasteiger partial charge in [-0.15, -0.1) is 11.8 Å². The first kappa shape index (κ1) is 15.0. The molecule has 1 aromatic carbocycles. The fourth-order valence-corrected chi connectivity index (χ4v) is 2.13. The van der Waals surface area contributed by atoms with Crippen LogP contribution in [0.4, 0.5) is 4.39 Å². The highest BCUT2D eigenvalue weighted by molar-refractivity contribution is 8.00. The molecule has 0 saturated heterocycles. The van der Waals surface area contributed by atoms with Gasteiger partial charge in [0.25, 0.3) is 0 Å². The lowest BCUT2D eigenvalue weighted by molar-refractivity contribution is -0.119. The first-order valence-corrected chi connectivity index (χ1v) is 6.78. The summed E-state index contributed by atoms with van der Waals surface area (Å²) in [6.07, 6.45) is -0.692. The highest BCUT2D eigenvalue weighted by Crippen LogP contribution is 2.24. The Kier molecular flexibility index (Phi) is 5.62. The topological polar surface area (TPSA) is 49.3 Å². The minimum absolute atomic E-state index is 0.0839. The van der Waals surface area contributed by atoms with Crippen molar-refractivity contribution in [3.05, 3.63) is 29.6 Å². The molecule has 0 saturated carbocycles. The van der Waals surface area contributed by atoms with Crippen LogP contribution in [0.15, 0.2) is 23.1 Å². The minimum atomic E-state index is -0.692. The van der Waals surface area contributed by atoms with Gasteiger partial charge in [0.2, 0.25) is 5.91 Å². The Morgan fingerprint density at radius 1 is 1.44 bits per heavy atom. The monoisotopic (exact) mass is 271 g/mol. The number of aliphatic hydroxyl groups excluding tert-OH is 1. The summed E-state index contributed by atoms with van der Waals surface area (Å²) in [4.78, 5) is 11.8. The SMILES string of the molecule is CC(C)NC(=O)CSc1ccc([C@H](C)O)cc1F. The molecule has 100 valence electrons. The number of halogens is 1. The van der Waals surface area contributed by atoms with Crippen LogP contribution in [0.1, 0.15) is 32.4 Å². The molecule has 1 amide bonds. The number of hydrogen-bond acceptors (Lipinski definition) is 3. The zero-order chi connectivity index (χ0) is 13.7. The van der Waals surface area contributed by atoms with Crippen molar-refractivity contribution in [2.45, 2.75) is 37.8 Å². The fraction of sp³-hybridized carbons (Fsp3) is 0.462. The Hall–Kier alpha value is -1.07. The highest BCUT2D eigenvalue weighted by Gasteiger charge is 2.10. The third-order valence-electron chi connectivity index (χ3n) is 2.25. The molecule has 0 spiro atoms. The van der Waals surface area contributed by atoms with E-state index in [4.69, 9.17) is 0 Å². The van der Waals surface area contributed by atoms with Crippen LogP contribution in [0.25, 0.3) is 0 Å². The second-order valence-electron chi connectivity index (χ2n) is 4.38. The molecule has 2 N–H and O–H groups in total. The highest BCUT2D eigenvalue weighted by atomic mass is 32.2. The molecule has 0 aliphatic heterocycles. The second-order valence-corrected chi connectivity index (χ2v) is 5.39. The van der Waals surface area contributed by atoms with E-state index in [9.17, 15) is 14.3 Å². The first-order valence-electron chi connectivity index (χ1n) is 5.80. The number of aliphatic hydroxyl groups is 1. The van der Waals surface area contributed by atoms with E-state index in [1.54, 1.807) is 19.1 Å². The summed E-state index contributed by atoms with van der Waals surface area (Å²) < 4.78 is 13.7.